The van der Waals surface area contributed by atoms with Crippen molar-refractivity contribution in [3.63, 3.8) is 0 Å². The van der Waals surface area contributed by atoms with Crippen LogP contribution in [0.2, 0.25) is 0 Å². The number of hydrogen-bond acceptors (Lipinski definition) is 4. The molecule has 0 saturated carbocycles. The summed E-state index contributed by atoms with van der Waals surface area (Å²) >= 11 is 1.54. The second kappa shape index (κ2) is 4.03. The Hall–Kier alpha value is -1.73. The van der Waals surface area contributed by atoms with Crippen LogP contribution in [0.4, 0.5) is 0 Å². The SMILES string of the molecule is CC(C)(C#N)c1csc(-c2cccnc2)n1. The molecular formula is C12H11N3S. The van der Waals surface area contributed by atoms with Crippen molar-refractivity contribution >= 4 is 11.3 Å². The molecule has 4 heteroatoms. The van der Waals surface area contributed by atoms with E-state index in [2.05, 4.69) is 16.0 Å². The van der Waals surface area contributed by atoms with Gasteiger partial charge in [-0.2, -0.15) is 5.26 Å². The molecule has 0 spiro atoms. The number of hydrogen-bond donors (Lipinski definition) is 0. The number of aromatic nitrogens is 2. The van der Waals surface area contributed by atoms with Crippen molar-refractivity contribution < 1.29 is 0 Å². The van der Waals surface area contributed by atoms with Gasteiger partial charge in [0.2, 0.25) is 0 Å². The van der Waals surface area contributed by atoms with Crippen LogP contribution in [0.15, 0.2) is 29.9 Å². The van der Waals surface area contributed by atoms with Crippen LogP contribution in [0.5, 0.6) is 0 Å². The molecule has 2 heterocycles. The summed E-state index contributed by atoms with van der Waals surface area (Å²) in [5, 5.41) is 11.9. The fourth-order valence-corrected chi connectivity index (χ4v) is 2.22. The lowest BCUT2D eigenvalue weighted by Crippen LogP contribution is -2.14. The standard InChI is InChI=1S/C12H11N3S/c1-12(2,8-13)10-7-16-11(15-10)9-4-3-5-14-6-9/h3-7H,1-2H3. The Bertz CT molecular complexity index is 523. The van der Waals surface area contributed by atoms with E-state index in [4.69, 9.17) is 5.26 Å². The van der Waals surface area contributed by atoms with Crippen LogP contribution in [-0.4, -0.2) is 9.97 Å². The van der Waals surface area contributed by atoms with Crippen LogP contribution >= 0.6 is 11.3 Å². The minimum atomic E-state index is -0.531. The summed E-state index contributed by atoms with van der Waals surface area (Å²) in [4.78, 5) is 8.53. The van der Waals surface area contributed by atoms with Gasteiger partial charge < -0.3 is 0 Å². The highest BCUT2D eigenvalue weighted by Crippen LogP contribution is 2.29. The van der Waals surface area contributed by atoms with E-state index in [1.54, 1.807) is 23.7 Å². The van der Waals surface area contributed by atoms with E-state index in [0.29, 0.717) is 0 Å². The van der Waals surface area contributed by atoms with Gasteiger partial charge in [0.15, 0.2) is 0 Å². The smallest absolute Gasteiger partial charge is 0.125 e. The predicted molar refractivity (Wildman–Crippen MR) is 64.0 cm³/mol. The molecule has 0 radical (unpaired) electrons. The Morgan fingerprint density at radius 1 is 1.44 bits per heavy atom. The van der Waals surface area contributed by atoms with Gasteiger partial charge in [-0.05, 0) is 26.0 Å². The molecule has 2 aromatic heterocycles. The molecule has 80 valence electrons. The van der Waals surface area contributed by atoms with Crippen LogP contribution in [0.25, 0.3) is 10.6 Å². The first kappa shape index (κ1) is 10.8. The molecular weight excluding hydrogens is 218 g/mol. The maximum atomic E-state index is 9.03. The van der Waals surface area contributed by atoms with Crippen molar-refractivity contribution in [2.24, 2.45) is 0 Å². The maximum Gasteiger partial charge on any atom is 0.125 e. The molecule has 3 nitrogen and oxygen atoms in total. The van der Waals surface area contributed by atoms with Gasteiger partial charge >= 0.3 is 0 Å². The van der Waals surface area contributed by atoms with Gasteiger partial charge in [0.05, 0.1) is 17.2 Å². The van der Waals surface area contributed by atoms with Gasteiger partial charge in [-0.3, -0.25) is 4.98 Å². The minimum absolute atomic E-state index is 0.531. The van der Waals surface area contributed by atoms with E-state index in [1.165, 1.54) is 0 Å². The lowest BCUT2D eigenvalue weighted by Gasteiger charge is -2.10. The Kier molecular flexibility index (Phi) is 2.71. The highest BCUT2D eigenvalue weighted by atomic mass is 32.1. The first-order valence-electron chi connectivity index (χ1n) is 4.91. The molecule has 0 bridgehead atoms. The molecule has 2 aromatic rings. The molecule has 0 aliphatic heterocycles. The Labute approximate surface area is 98.4 Å². The molecule has 0 aromatic carbocycles. The van der Waals surface area contributed by atoms with Crippen LogP contribution in [-0.2, 0) is 5.41 Å². The van der Waals surface area contributed by atoms with Gasteiger partial charge in [0.1, 0.15) is 5.01 Å². The third-order valence-corrected chi connectivity index (χ3v) is 3.22. The fourth-order valence-electron chi connectivity index (χ4n) is 1.24. The lowest BCUT2D eigenvalue weighted by molar-refractivity contribution is 0.666. The summed E-state index contributed by atoms with van der Waals surface area (Å²) in [7, 11) is 0. The van der Waals surface area contributed by atoms with Crippen molar-refractivity contribution in [2.45, 2.75) is 19.3 Å². The summed E-state index contributed by atoms with van der Waals surface area (Å²) in [5.74, 6) is 0. The highest BCUT2D eigenvalue weighted by molar-refractivity contribution is 7.13. The van der Waals surface area contributed by atoms with Crippen LogP contribution < -0.4 is 0 Å². The van der Waals surface area contributed by atoms with Gasteiger partial charge in [-0.1, -0.05) is 0 Å². The molecule has 16 heavy (non-hydrogen) atoms. The third-order valence-electron chi connectivity index (χ3n) is 2.33. The molecule has 0 unspecified atom stereocenters. The first-order chi connectivity index (χ1) is 7.63. The fraction of sp³-hybridized carbons (Fsp3) is 0.250. The second-order valence-electron chi connectivity index (χ2n) is 4.02. The van der Waals surface area contributed by atoms with Crippen LogP contribution in [0.1, 0.15) is 19.5 Å². The van der Waals surface area contributed by atoms with Crippen molar-refractivity contribution in [1.29, 1.82) is 5.26 Å². The van der Waals surface area contributed by atoms with Crippen molar-refractivity contribution in [1.82, 2.24) is 9.97 Å². The zero-order chi connectivity index (χ0) is 11.6. The topological polar surface area (TPSA) is 49.6 Å². The van der Waals surface area contributed by atoms with E-state index in [-0.39, 0.29) is 0 Å². The Morgan fingerprint density at radius 2 is 2.25 bits per heavy atom. The van der Waals surface area contributed by atoms with Gasteiger partial charge in [-0.15, -0.1) is 11.3 Å². The summed E-state index contributed by atoms with van der Waals surface area (Å²) < 4.78 is 0. The number of nitriles is 1. The normalized spacial score (nSPS) is 11.1. The quantitative estimate of drug-likeness (QED) is 0.795. The second-order valence-corrected chi connectivity index (χ2v) is 4.87. The van der Waals surface area contributed by atoms with Crippen LogP contribution in [0.3, 0.4) is 0 Å². The Morgan fingerprint density at radius 3 is 2.88 bits per heavy atom. The average molecular weight is 229 g/mol. The number of pyridine rings is 1. The minimum Gasteiger partial charge on any atom is -0.264 e. The van der Waals surface area contributed by atoms with Crippen molar-refractivity contribution in [3.8, 4) is 16.6 Å². The van der Waals surface area contributed by atoms with Crippen molar-refractivity contribution in [3.05, 3.63) is 35.6 Å². The molecule has 0 saturated heterocycles. The first-order valence-corrected chi connectivity index (χ1v) is 5.79. The molecule has 0 fully saturated rings. The van der Waals surface area contributed by atoms with Crippen molar-refractivity contribution in [2.75, 3.05) is 0 Å². The van der Waals surface area contributed by atoms with E-state index in [1.807, 2.05) is 31.4 Å². The zero-order valence-electron chi connectivity index (χ0n) is 9.14. The molecule has 0 atom stereocenters. The monoisotopic (exact) mass is 229 g/mol. The number of thiazole rings is 1. The molecule has 0 N–H and O–H groups in total. The van der Waals surface area contributed by atoms with Gasteiger partial charge in [0, 0.05) is 23.3 Å². The molecule has 0 aliphatic carbocycles. The summed E-state index contributed by atoms with van der Waals surface area (Å²) in [6.45, 7) is 3.74. The molecule has 0 aliphatic rings. The van der Waals surface area contributed by atoms with Crippen LogP contribution in [0, 0.1) is 11.3 Å². The highest BCUT2D eigenvalue weighted by Gasteiger charge is 2.23. The third kappa shape index (κ3) is 1.95. The van der Waals surface area contributed by atoms with E-state index >= 15 is 0 Å². The summed E-state index contributed by atoms with van der Waals surface area (Å²) in [6.07, 6.45) is 3.51. The summed E-state index contributed by atoms with van der Waals surface area (Å²) in [6, 6.07) is 6.10. The largest absolute Gasteiger partial charge is 0.264 e. The van der Waals surface area contributed by atoms with Gasteiger partial charge in [-0.25, -0.2) is 4.98 Å². The average Bonchev–Trinajstić information content (AvgIpc) is 2.80. The van der Waals surface area contributed by atoms with E-state index in [9.17, 15) is 0 Å². The van der Waals surface area contributed by atoms with E-state index < -0.39 is 5.41 Å². The maximum absolute atomic E-state index is 9.03. The lowest BCUT2D eigenvalue weighted by atomic mass is 9.92. The number of nitrogens with zero attached hydrogens (tertiary/aromatic N) is 3. The molecule has 0 amide bonds. The Balaban J connectivity index is 2.39. The van der Waals surface area contributed by atoms with Gasteiger partial charge in [0.25, 0.3) is 0 Å². The summed E-state index contributed by atoms with van der Waals surface area (Å²) in [5.41, 5.74) is 1.28. The predicted octanol–water partition coefficient (Wildman–Crippen LogP) is 3.01. The number of rotatable bonds is 2. The zero-order valence-corrected chi connectivity index (χ0v) is 9.95. The van der Waals surface area contributed by atoms with E-state index in [0.717, 1.165) is 16.3 Å². The molecule has 2 rings (SSSR count).